The number of ether oxygens (including phenoxy) is 1. The van der Waals surface area contributed by atoms with Crippen LogP contribution in [0.2, 0.25) is 0 Å². The minimum absolute atomic E-state index is 0.229. The lowest BCUT2D eigenvalue weighted by Crippen LogP contribution is -2.30. The molecule has 0 aliphatic heterocycles. The Morgan fingerprint density at radius 3 is 2.46 bits per heavy atom. The van der Waals surface area contributed by atoms with Crippen LogP contribution in [0, 0.1) is 0 Å². The van der Waals surface area contributed by atoms with Crippen molar-refractivity contribution in [3.63, 3.8) is 0 Å². The summed E-state index contributed by atoms with van der Waals surface area (Å²) in [4.78, 5) is 34.1. The van der Waals surface area contributed by atoms with Crippen LogP contribution in [0.5, 0.6) is 0 Å². The van der Waals surface area contributed by atoms with E-state index in [9.17, 15) is 14.4 Å². The second-order valence-electron chi connectivity index (χ2n) is 5.23. The van der Waals surface area contributed by atoms with Crippen molar-refractivity contribution in [3.05, 3.63) is 28.7 Å². The smallest absolute Gasteiger partial charge is 0.312 e. The summed E-state index contributed by atoms with van der Waals surface area (Å²) >= 11 is 3.31. The van der Waals surface area contributed by atoms with Crippen LogP contribution in [0.1, 0.15) is 32.6 Å². The summed E-state index contributed by atoms with van der Waals surface area (Å²) in [6.07, 6.45) is 1.48. The third kappa shape index (κ3) is 8.52. The second-order valence-corrected chi connectivity index (χ2v) is 6.15. The van der Waals surface area contributed by atoms with Crippen LogP contribution >= 0.6 is 15.9 Å². The van der Waals surface area contributed by atoms with E-state index >= 15 is 0 Å². The fraction of sp³-hybridized carbons (Fsp3) is 0.438. The molecule has 1 aromatic rings. The lowest BCUT2D eigenvalue weighted by atomic mass is 10.2. The van der Waals surface area contributed by atoms with E-state index in [2.05, 4.69) is 26.6 Å². The number of carbonyl (C=O) groups excluding carboxylic acids is 3. The number of unbranched alkanes of at least 4 members (excludes halogenated alkanes) is 2. The molecular weight excluding hydrogens is 378 g/mol. The van der Waals surface area contributed by atoms with Gasteiger partial charge in [0.25, 0.3) is 5.91 Å². The molecule has 1 aromatic carbocycles. The molecule has 0 aliphatic rings. The summed E-state index contributed by atoms with van der Waals surface area (Å²) in [6.45, 7) is 2.01. The Kier molecular flexibility index (Phi) is 8.85. The Hall–Kier alpha value is -2.09. The first kappa shape index (κ1) is 20.0. The van der Waals surface area contributed by atoms with Crippen LogP contribution in [0.25, 0.3) is 0 Å². The van der Waals surface area contributed by atoms with Crippen LogP contribution in [-0.2, 0) is 14.3 Å². The fourth-order valence-corrected chi connectivity index (χ4v) is 2.13. The average molecular weight is 400 g/mol. The van der Waals surface area contributed by atoms with E-state index in [1.54, 1.807) is 24.3 Å². The highest BCUT2D eigenvalue weighted by atomic mass is 79.9. The Morgan fingerprint density at radius 2 is 1.83 bits per heavy atom. The van der Waals surface area contributed by atoms with Crippen molar-refractivity contribution in [2.24, 2.45) is 5.73 Å². The van der Waals surface area contributed by atoms with Crippen LogP contribution in [0.4, 0.5) is 10.5 Å². The maximum absolute atomic E-state index is 12.0. The fourth-order valence-electron chi connectivity index (χ4n) is 1.87. The lowest BCUT2D eigenvalue weighted by molar-refractivity contribution is -0.153. The number of rotatable bonds is 9. The molecule has 7 nitrogen and oxygen atoms in total. The number of nitrogens with one attached hydrogen (secondary N) is 2. The molecule has 3 amide bonds. The largest absolute Gasteiger partial charge is 0.453 e. The summed E-state index contributed by atoms with van der Waals surface area (Å²) in [5.74, 6) is -0.798. The highest BCUT2D eigenvalue weighted by Crippen LogP contribution is 2.14. The molecule has 1 rings (SSSR count). The standard InChI is InChI=1S/C16H22BrN3O4/c1-11(15(22)20-13-8-6-12(17)7-9-13)24-14(21)5-3-2-4-10-19-16(18)23/h6-9,11H,2-5,10H2,1H3,(H,20,22)(H3,18,19,23)/t11-/m1/s1. The molecule has 0 aromatic heterocycles. The molecule has 0 bridgehead atoms. The Bertz CT molecular complexity index is 563. The predicted octanol–water partition coefficient (Wildman–Crippen LogP) is 2.55. The summed E-state index contributed by atoms with van der Waals surface area (Å²) in [5.41, 5.74) is 5.57. The molecule has 0 unspecified atom stereocenters. The topological polar surface area (TPSA) is 111 Å². The summed E-state index contributed by atoms with van der Waals surface area (Å²) in [5, 5.41) is 5.15. The summed E-state index contributed by atoms with van der Waals surface area (Å²) in [6, 6.07) is 6.55. The lowest BCUT2D eigenvalue weighted by Gasteiger charge is -2.13. The van der Waals surface area contributed by atoms with Gasteiger partial charge >= 0.3 is 12.0 Å². The van der Waals surface area contributed by atoms with E-state index in [0.717, 1.165) is 17.3 Å². The molecule has 0 saturated heterocycles. The number of hydrogen-bond acceptors (Lipinski definition) is 4. The Balaban J connectivity index is 2.21. The first-order chi connectivity index (χ1) is 11.4. The van der Waals surface area contributed by atoms with E-state index in [0.29, 0.717) is 18.7 Å². The third-order valence-corrected chi connectivity index (χ3v) is 3.67. The minimum Gasteiger partial charge on any atom is -0.453 e. The van der Waals surface area contributed by atoms with E-state index in [-0.39, 0.29) is 12.3 Å². The van der Waals surface area contributed by atoms with Crippen LogP contribution in [0.15, 0.2) is 28.7 Å². The number of carbonyl (C=O) groups is 3. The van der Waals surface area contributed by atoms with Gasteiger partial charge in [0.1, 0.15) is 0 Å². The zero-order valence-electron chi connectivity index (χ0n) is 13.5. The maximum atomic E-state index is 12.0. The maximum Gasteiger partial charge on any atom is 0.312 e. The van der Waals surface area contributed by atoms with Crippen molar-refractivity contribution in [1.82, 2.24) is 5.32 Å². The Morgan fingerprint density at radius 1 is 1.17 bits per heavy atom. The number of primary amides is 1. The number of hydrogen-bond donors (Lipinski definition) is 3. The van der Waals surface area contributed by atoms with Crippen molar-refractivity contribution < 1.29 is 19.1 Å². The number of nitrogens with two attached hydrogens (primary N) is 1. The Labute approximate surface area is 149 Å². The first-order valence-corrected chi connectivity index (χ1v) is 8.47. The number of anilines is 1. The molecule has 0 fully saturated rings. The number of halogens is 1. The van der Waals surface area contributed by atoms with Crippen LogP contribution in [0.3, 0.4) is 0 Å². The van der Waals surface area contributed by atoms with Crippen LogP contribution in [-0.4, -0.2) is 30.6 Å². The number of urea groups is 1. The molecule has 1 atom stereocenters. The van der Waals surface area contributed by atoms with Crippen LogP contribution < -0.4 is 16.4 Å². The van der Waals surface area contributed by atoms with Gasteiger partial charge in [-0.2, -0.15) is 0 Å². The molecule has 0 spiro atoms. The second kappa shape index (κ2) is 10.6. The molecule has 0 heterocycles. The van der Waals surface area contributed by atoms with Gasteiger partial charge in [-0.25, -0.2) is 4.79 Å². The van der Waals surface area contributed by atoms with Crippen molar-refractivity contribution in [2.45, 2.75) is 38.7 Å². The molecule has 0 radical (unpaired) electrons. The average Bonchev–Trinajstić information content (AvgIpc) is 2.52. The number of esters is 1. The van der Waals surface area contributed by atoms with Crippen molar-refractivity contribution in [3.8, 4) is 0 Å². The van der Waals surface area contributed by atoms with Gasteiger partial charge in [0.05, 0.1) is 0 Å². The quantitative estimate of drug-likeness (QED) is 0.437. The van der Waals surface area contributed by atoms with E-state index in [1.807, 2.05) is 0 Å². The predicted molar refractivity (Wildman–Crippen MR) is 94.4 cm³/mol. The van der Waals surface area contributed by atoms with Crippen molar-refractivity contribution in [1.29, 1.82) is 0 Å². The summed E-state index contributed by atoms with van der Waals surface area (Å²) in [7, 11) is 0. The SMILES string of the molecule is C[C@@H](OC(=O)CCCCCNC(N)=O)C(=O)Nc1ccc(Br)cc1. The van der Waals surface area contributed by atoms with Gasteiger partial charge in [0.2, 0.25) is 0 Å². The zero-order chi connectivity index (χ0) is 17.9. The summed E-state index contributed by atoms with van der Waals surface area (Å²) < 4.78 is 6.01. The molecule has 0 aliphatic carbocycles. The van der Waals surface area contributed by atoms with Gasteiger partial charge in [-0.3, -0.25) is 9.59 Å². The monoisotopic (exact) mass is 399 g/mol. The van der Waals surface area contributed by atoms with Crippen molar-refractivity contribution >= 4 is 39.5 Å². The molecule has 24 heavy (non-hydrogen) atoms. The van der Waals surface area contributed by atoms with E-state index in [1.165, 1.54) is 6.92 Å². The molecule has 0 saturated carbocycles. The van der Waals surface area contributed by atoms with Gasteiger partial charge in [0, 0.05) is 23.1 Å². The third-order valence-electron chi connectivity index (χ3n) is 3.15. The van der Waals surface area contributed by atoms with Gasteiger partial charge in [-0.15, -0.1) is 0 Å². The molecule has 8 heteroatoms. The molecular formula is C16H22BrN3O4. The normalized spacial score (nSPS) is 11.4. The number of benzene rings is 1. The highest BCUT2D eigenvalue weighted by molar-refractivity contribution is 9.10. The van der Waals surface area contributed by atoms with Gasteiger partial charge in [0.15, 0.2) is 6.10 Å². The molecule has 132 valence electrons. The van der Waals surface area contributed by atoms with Gasteiger partial charge in [-0.05, 0) is 44.0 Å². The number of amides is 3. The zero-order valence-corrected chi connectivity index (χ0v) is 15.1. The van der Waals surface area contributed by atoms with Gasteiger partial charge in [-0.1, -0.05) is 22.4 Å². The van der Waals surface area contributed by atoms with E-state index in [4.69, 9.17) is 10.5 Å². The first-order valence-electron chi connectivity index (χ1n) is 7.67. The molecule has 4 N–H and O–H groups in total. The van der Waals surface area contributed by atoms with Gasteiger partial charge < -0.3 is 21.1 Å². The highest BCUT2D eigenvalue weighted by Gasteiger charge is 2.17. The minimum atomic E-state index is -0.863. The van der Waals surface area contributed by atoms with Crippen molar-refractivity contribution in [2.75, 3.05) is 11.9 Å². The van der Waals surface area contributed by atoms with E-state index < -0.39 is 18.1 Å².